The molecule has 1 aromatic carbocycles. The molecule has 0 radical (unpaired) electrons. The topological polar surface area (TPSA) is 72.2 Å². The molecule has 0 heterocycles. The molecule has 0 aliphatic carbocycles. The Morgan fingerprint density at radius 2 is 1.85 bits per heavy atom. The molecule has 1 rings (SSSR count). The first-order valence-electron chi connectivity index (χ1n) is 6.80. The molecule has 0 aliphatic heterocycles. The standard InChI is InChI=1S/C14H23ClN2O2S/c1-5-11(6-2)10(4)17-20(18,19)14-8-13(16)9(3)7-12(14)15/h7-8,10-11,17H,5-6,16H2,1-4H3. The van der Waals surface area contributed by atoms with Gasteiger partial charge in [0.15, 0.2) is 0 Å². The van der Waals surface area contributed by atoms with Crippen molar-refractivity contribution in [1.29, 1.82) is 0 Å². The van der Waals surface area contributed by atoms with Gasteiger partial charge < -0.3 is 5.73 Å². The lowest BCUT2D eigenvalue weighted by Gasteiger charge is -2.22. The smallest absolute Gasteiger partial charge is 0.242 e. The molecule has 1 aromatic rings. The number of rotatable bonds is 6. The summed E-state index contributed by atoms with van der Waals surface area (Å²) >= 11 is 6.04. The molecule has 0 aliphatic rings. The van der Waals surface area contributed by atoms with Gasteiger partial charge >= 0.3 is 0 Å². The van der Waals surface area contributed by atoms with Crippen molar-refractivity contribution in [1.82, 2.24) is 4.72 Å². The zero-order valence-electron chi connectivity index (χ0n) is 12.4. The van der Waals surface area contributed by atoms with Gasteiger partial charge in [-0.05, 0) is 37.5 Å². The van der Waals surface area contributed by atoms with Crippen LogP contribution in [0.3, 0.4) is 0 Å². The number of sulfonamides is 1. The van der Waals surface area contributed by atoms with E-state index < -0.39 is 10.0 Å². The molecule has 0 aromatic heterocycles. The summed E-state index contributed by atoms with van der Waals surface area (Å²) in [4.78, 5) is 0.0417. The maximum Gasteiger partial charge on any atom is 0.242 e. The van der Waals surface area contributed by atoms with Crippen LogP contribution in [0.4, 0.5) is 5.69 Å². The van der Waals surface area contributed by atoms with E-state index in [0.29, 0.717) is 11.6 Å². The third-order valence-electron chi connectivity index (χ3n) is 3.71. The van der Waals surface area contributed by atoms with E-state index in [0.717, 1.165) is 18.4 Å². The van der Waals surface area contributed by atoms with Crippen LogP contribution in [0, 0.1) is 12.8 Å². The minimum Gasteiger partial charge on any atom is -0.398 e. The summed E-state index contributed by atoms with van der Waals surface area (Å²) in [7, 11) is -3.66. The largest absolute Gasteiger partial charge is 0.398 e. The van der Waals surface area contributed by atoms with Crippen molar-refractivity contribution in [2.24, 2.45) is 5.92 Å². The SMILES string of the molecule is CCC(CC)C(C)NS(=O)(=O)c1cc(N)c(C)cc1Cl. The molecular weight excluding hydrogens is 296 g/mol. The van der Waals surface area contributed by atoms with Crippen LogP contribution in [0.15, 0.2) is 17.0 Å². The Morgan fingerprint density at radius 1 is 1.30 bits per heavy atom. The Balaban J connectivity index is 3.09. The summed E-state index contributed by atoms with van der Waals surface area (Å²) < 4.78 is 27.5. The highest BCUT2D eigenvalue weighted by atomic mass is 35.5. The second kappa shape index (κ2) is 6.78. The molecular formula is C14H23ClN2O2S. The molecule has 0 saturated carbocycles. The van der Waals surface area contributed by atoms with Crippen LogP contribution in [0.5, 0.6) is 0 Å². The van der Waals surface area contributed by atoms with Gasteiger partial charge in [-0.25, -0.2) is 13.1 Å². The first-order chi connectivity index (χ1) is 9.22. The maximum atomic E-state index is 12.4. The number of nitrogens with two attached hydrogens (primary N) is 1. The van der Waals surface area contributed by atoms with Gasteiger partial charge in [0.05, 0.1) is 5.02 Å². The third-order valence-corrected chi connectivity index (χ3v) is 5.73. The minimum absolute atomic E-state index is 0.0417. The molecule has 0 fully saturated rings. The molecule has 0 amide bonds. The number of hydrogen-bond donors (Lipinski definition) is 2. The summed E-state index contributed by atoms with van der Waals surface area (Å²) in [5.41, 5.74) is 6.97. The van der Waals surface area contributed by atoms with Crippen molar-refractivity contribution in [3.05, 3.63) is 22.7 Å². The highest BCUT2D eigenvalue weighted by Gasteiger charge is 2.24. The number of nitrogens with one attached hydrogen (secondary N) is 1. The second-order valence-corrected chi connectivity index (χ2v) is 7.22. The lowest BCUT2D eigenvalue weighted by molar-refractivity contribution is 0.391. The number of halogens is 1. The lowest BCUT2D eigenvalue weighted by Crippen LogP contribution is -2.37. The van der Waals surface area contributed by atoms with Crippen molar-refractivity contribution in [2.45, 2.75) is 51.5 Å². The Kier molecular flexibility index (Phi) is 5.86. The molecule has 20 heavy (non-hydrogen) atoms. The molecule has 3 N–H and O–H groups in total. The predicted molar refractivity (Wildman–Crippen MR) is 84.5 cm³/mol. The number of aryl methyl sites for hydroxylation is 1. The zero-order chi connectivity index (χ0) is 15.5. The monoisotopic (exact) mass is 318 g/mol. The van der Waals surface area contributed by atoms with Crippen molar-refractivity contribution in [3.8, 4) is 0 Å². The van der Waals surface area contributed by atoms with Gasteiger partial charge in [0.1, 0.15) is 4.90 Å². The van der Waals surface area contributed by atoms with Crippen LogP contribution in [-0.4, -0.2) is 14.5 Å². The van der Waals surface area contributed by atoms with E-state index in [4.69, 9.17) is 17.3 Å². The fourth-order valence-corrected chi connectivity index (χ4v) is 4.20. The van der Waals surface area contributed by atoms with Gasteiger partial charge in [0, 0.05) is 11.7 Å². The maximum absolute atomic E-state index is 12.4. The number of anilines is 1. The average molecular weight is 319 g/mol. The van der Waals surface area contributed by atoms with Crippen molar-refractivity contribution in [3.63, 3.8) is 0 Å². The summed E-state index contributed by atoms with van der Waals surface area (Å²) in [5, 5.41) is 0.195. The summed E-state index contributed by atoms with van der Waals surface area (Å²) in [6, 6.07) is 2.85. The normalized spacial score (nSPS) is 13.7. The second-order valence-electron chi connectivity index (χ2n) is 5.13. The first-order valence-corrected chi connectivity index (χ1v) is 8.67. The molecule has 0 bridgehead atoms. The first kappa shape index (κ1) is 17.3. The minimum atomic E-state index is -3.66. The molecule has 1 atom stereocenters. The van der Waals surface area contributed by atoms with Crippen LogP contribution < -0.4 is 10.5 Å². The van der Waals surface area contributed by atoms with E-state index in [1.807, 2.05) is 6.92 Å². The van der Waals surface area contributed by atoms with Crippen molar-refractivity contribution >= 4 is 27.3 Å². The van der Waals surface area contributed by atoms with Crippen LogP contribution in [0.25, 0.3) is 0 Å². The van der Waals surface area contributed by atoms with Gasteiger partial charge in [0.25, 0.3) is 0 Å². The van der Waals surface area contributed by atoms with E-state index in [2.05, 4.69) is 18.6 Å². The van der Waals surface area contributed by atoms with E-state index in [1.165, 1.54) is 6.07 Å². The fourth-order valence-electron chi connectivity index (χ4n) is 2.27. The summed E-state index contributed by atoms with van der Waals surface area (Å²) in [6.45, 7) is 7.77. The van der Waals surface area contributed by atoms with Crippen LogP contribution in [-0.2, 0) is 10.0 Å². The van der Waals surface area contributed by atoms with E-state index in [1.54, 1.807) is 13.0 Å². The van der Waals surface area contributed by atoms with E-state index in [9.17, 15) is 8.42 Å². The molecule has 0 spiro atoms. The fraction of sp³-hybridized carbons (Fsp3) is 0.571. The van der Waals surface area contributed by atoms with E-state index in [-0.39, 0.29) is 16.0 Å². The van der Waals surface area contributed by atoms with Gasteiger partial charge in [-0.1, -0.05) is 38.3 Å². The van der Waals surface area contributed by atoms with Gasteiger partial charge in [-0.3, -0.25) is 0 Å². The van der Waals surface area contributed by atoms with Gasteiger partial charge in [-0.15, -0.1) is 0 Å². The highest BCUT2D eigenvalue weighted by molar-refractivity contribution is 7.89. The van der Waals surface area contributed by atoms with Crippen LogP contribution in [0.1, 0.15) is 39.2 Å². The molecule has 1 unspecified atom stereocenters. The molecule has 6 heteroatoms. The summed E-state index contributed by atoms with van der Waals surface area (Å²) in [5.74, 6) is 0.298. The Hall–Kier alpha value is -0.780. The molecule has 114 valence electrons. The van der Waals surface area contributed by atoms with Gasteiger partial charge in [-0.2, -0.15) is 0 Å². The third kappa shape index (κ3) is 3.87. The van der Waals surface area contributed by atoms with Gasteiger partial charge in [0.2, 0.25) is 10.0 Å². The number of nitrogen functional groups attached to an aromatic ring is 1. The average Bonchev–Trinajstić information content (AvgIpc) is 2.34. The van der Waals surface area contributed by atoms with Crippen LogP contribution >= 0.6 is 11.6 Å². The van der Waals surface area contributed by atoms with E-state index >= 15 is 0 Å². The zero-order valence-corrected chi connectivity index (χ0v) is 14.0. The van der Waals surface area contributed by atoms with Crippen molar-refractivity contribution < 1.29 is 8.42 Å². The van der Waals surface area contributed by atoms with Crippen molar-refractivity contribution in [2.75, 3.05) is 5.73 Å². The predicted octanol–water partition coefficient (Wildman–Crippen LogP) is 3.33. The lowest BCUT2D eigenvalue weighted by atomic mass is 9.96. The molecule has 0 saturated heterocycles. The summed E-state index contributed by atoms with van der Waals surface area (Å²) in [6.07, 6.45) is 1.84. The Bertz CT molecular complexity index is 569. The van der Waals surface area contributed by atoms with Crippen LogP contribution in [0.2, 0.25) is 5.02 Å². The highest BCUT2D eigenvalue weighted by Crippen LogP contribution is 2.27. The Morgan fingerprint density at radius 3 is 2.35 bits per heavy atom. The number of benzene rings is 1. The quantitative estimate of drug-likeness (QED) is 0.790. The Labute approximate surface area is 126 Å². The number of hydrogen-bond acceptors (Lipinski definition) is 3. The molecule has 4 nitrogen and oxygen atoms in total.